The maximum absolute atomic E-state index is 13.1. The molecular formula is C20H23N3O3. The number of urea groups is 1. The highest BCUT2D eigenvalue weighted by Gasteiger charge is 2.55. The van der Waals surface area contributed by atoms with Gasteiger partial charge in [-0.3, -0.25) is 14.5 Å². The number of carbonyl (C=O) groups is 3. The first-order valence-electron chi connectivity index (χ1n) is 9.16. The second-order valence-electron chi connectivity index (χ2n) is 7.42. The number of rotatable bonds is 3. The van der Waals surface area contributed by atoms with E-state index >= 15 is 0 Å². The molecule has 2 fully saturated rings. The maximum Gasteiger partial charge on any atom is 0.327 e. The summed E-state index contributed by atoms with van der Waals surface area (Å²) in [4.78, 5) is 44.7. The van der Waals surface area contributed by atoms with E-state index < -0.39 is 5.54 Å². The SMILES string of the molecule is Cc1[nH]c2ccccc2c1C(=O)CN1C(=O)N(C)C2(CCCCC2)C1=O. The Morgan fingerprint density at radius 2 is 1.85 bits per heavy atom. The molecule has 4 rings (SSSR count). The van der Waals surface area contributed by atoms with E-state index in [0.29, 0.717) is 18.4 Å². The molecule has 26 heavy (non-hydrogen) atoms. The van der Waals surface area contributed by atoms with Crippen LogP contribution in [0.5, 0.6) is 0 Å². The summed E-state index contributed by atoms with van der Waals surface area (Å²) in [7, 11) is 1.69. The van der Waals surface area contributed by atoms with Gasteiger partial charge in [-0.15, -0.1) is 0 Å². The molecule has 1 saturated carbocycles. The number of H-pyrrole nitrogens is 1. The van der Waals surface area contributed by atoms with Gasteiger partial charge in [-0.05, 0) is 25.8 Å². The summed E-state index contributed by atoms with van der Waals surface area (Å²) in [5, 5.41) is 0.829. The lowest BCUT2D eigenvalue weighted by Gasteiger charge is -2.35. The van der Waals surface area contributed by atoms with Crippen LogP contribution in [0.25, 0.3) is 10.9 Å². The van der Waals surface area contributed by atoms with Crippen LogP contribution in [0.15, 0.2) is 24.3 Å². The topological polar surface area (TPSA) is 73.5 Å². The third kappa shape index (κ3) is 2.28. The Balaban J connectivity index is 1.64. The molecule has 2 heterocycles. The zero-order valence-electron chi connectivity index (χ0n) is 15.2. The van der Waals surface area contributed by atoms with Crippen LogP contribution in [0, 0.1) is 6.92 Å². The number of aromatic nitrogens is 1. The van der Waals surface area contributed by atoms with Gasteiger partial charge in [0.2, 0.25) is 0 Å². The summed E-state index contributed by atoms with van der Waals surface area (Å²) in [5.74, 6) is -0.418. The molecule has 6 nitrogen and oxygen atoms in total. The van der Waals surface area contributed by atoms with E-state index in [1.54, 1.807) is 11.9 Å². The first-order valence-corrected chi connectivity index (χ1v) is 9.16. The summed E-state index contributed by atoms with van der Waals surface area (Å²) in [6.45, 7) is 1.64. The van der Waals surface area contributed by atoms with Gasteiger partial charge in [0.15, 0.2) is 5.78 Å². The van der Waals surface area contributed by atoms with Gasteiger partial charge < -0.3 is 9.88 Å². The van der Waals surface area contributed by atoms with Gasteiger partial charge in [-0.25, -0.2) is 4.79 Å². The third-order valence-electron chi connectivity index (χ3n) is 5.96. The van der Waals surface area contributed by atoms with Crippen LogP contribution in [0.3, 0.4) is 0 Å². The minimum atomic E-state index is -0.745. The highest BCUT2D eigenvalue weighted by atomic mass is 16.2. The van der Waals surface area contributed by atoms with E-state index in [1.165, 1.54) is 0 Å². The molecule has 2 aromatic rings. The van der Waals surface area contributed by atoms with E-state index in [4.69, 9.17) is 0 Å². The van der Waals surface area contributed by atoms with Crippen LogP contribution in [-0.4, -0.2) is 51.6 Å². The molecule has 1 aliphatic heterocycles. The molecule has 6 heteroatoms. The lowest BCUT2D eigenvalue weighted by Crippen LogP contribution is -2.49. The summed E-state index contributed by atoms with van der Waals surface area (Å²) >= 11 is 0. The summed E-state index contributed by atoms with van der Waals surface area (Å²) in [5.41, 5.74) is 1.46. The standard InChI is InChI=1S/C20H23N3O3/c1-13-17(14-8-4-5-9-15(14)21-13)16(24)12-23-18(25)20(22(2)19(23)26)10-6-3-7-11-20/h4-5,8-9,21H,3,6-7,10-12H2,1-2H3. The van der Waals surface area contributed by atoms with Crippen LogP contribution in [0.4, 0.5) is 4.79 Å². The number of Topliss-reactive ketones (excluding diaryl/α,β-unsaturated/α-hetero) is 1. The molecule has 0 atom stereocenters. The number of fused-ring (bicyclic) bond motifs is 1. The molecule has 3 amide bonds. The molecule has 1 N–H and O–H groups in total. The lowest BCUT2D eigenvalue weighted by atomic mass is 9.80. The van der Waals surface area contributed by atoms with Crippen molar-refractivity contribution in [1.29, 1.82) is 0 Å². The number of aromatic amines is 1. The minimum Gasteiger partial charge on any atom is -0.358 e. The average Bonchev–Trinajstić information content (AvgIpc) is 3.06. The van der Waals surface area contributed by atoms with Crippen molar-refractivity contribution in [1.82, 2.24) is 14.8 Å². The zero-order chi connectivity index (χ0) is 18.5. The molecule has 1 saturated heterocycles. The fourth-order valence-electron chi connectivity index (χ4n) is 4.53. The molecule has 0 bridgehead atoms. The van der Waals surface area contributed by atoms with E-state index in [1.807, 2.05) is 31.2 Å². The molecule has 1 aromatic carbocycles. The van der Waals surface area contributed by atoms with Crippen molar-refractivity contribution < 1.29 is 14.4 Å². The summed E-state index contributed by atoms with van der Waals surface area (Å²) < 4.78 is 0. The van der Waals surface area contributed by atoms with Crippen LogP contribution in [-0.2, 0) is 4.79 Å². The molecule has 0 unspecified atom stereocenters. The smallest absolute Gasteiger partial charge is 0.327 e. The van der Waals surface area contributed by atoms with Crippen LogP contribution in [0.1, 0.15) is 48.2 Å². The number of benzene rings is 1. The molecule has 1 spiro atoms. The van der Waals surface area contributed by atoms with Gasteiger partial charge >= 0.3 is 6.03 Å². The molecule has 136 valence electrons. The molecule has 1 aliphatic carbocycles. The normalized spacial score (nSPS) is 19.8. The quantitative estimate of drug-likeness (QED) is 0.680. The predicted octanol–water partition coefficient (Wildman–Crippen LogP) is 3.26. The number of amides is 3. The number of carbonyl (C=O) groups excluding carboxylic acids is 3. The van der Waals surface area contributed by atoms with E-state index in [-0.39, 0.29) is 24.3 Å². The second-order valence-corrected chi connectivity index (χ2v) is 7.42. The van der Waals surface area contributed by atoms with Crippen molar-refractivity contribution in [3.63, 3.8) is 0 Å². The highest BCUT2D eigenvalue weighted by molar-refractivity contribution is 6.15. The number of ketones is 1. The lowest BCUT2D eigenvalue weighted by molar-refractivity contribution is -0.134. The van der Waals surface area contributed by atoms with Gasteiger partial charge in [0, 0.05) is 29.2 Å². The van der Waals surface area contributed by atoms with Crippen molar-refractivity contribution in [3.05, 3.63) is 35.5 Å². The number of para-hydroxylation sites is 1. The Bertz CT molecular complexity index is 908. The van der Waals surface area contributed by atoms with E-state index in [0.717, 1.165) is 40.8 Å². The fraction of sp³-hybridized carbons (Fsp3) is 0.450. The molecule has 0 radical (unpaired) electrons. The largest absolute Gasteiger partial charge is 0.358 e. The minimum absolute atomic E-state index is 0.202. The van der Waals surface area contributed by atoms with Crippen LogP contribution < -0.4 is 0 Å². The number of aryl methyl sites for hydroxylation is 1. The van der Waals surface area contributed by atoms with Crippen molar-refractivity contribution in [3.8, 4) is 0 Å². The highest BCUT2D eigenvalue weighted by Crippen LogP contribution is 2.39. The fourth-order valence-corrected chi connectivity index (χ4v) is 4.53. The average molecular weight is 353 g/mol. The van der Waals surface area contributed by atoms with Gasteiger partial charge in [-0.1, -0.05) is 37.5 Å². The number of hydrogen-bond donors (Lipinski definition) is 1. The van der Waals surface area contributed by atoms with Crippen LogP contribution in [0.2, 0.25) is 0 Å². The summed E-state index contributed by atoms with van der Waals surface area (Å²) in [6, 6.07) is 7.22. The first kappa shape index (κ1) is 16.8. The predicted molar refractivity (Wildman–Crippen MR) is 98.1 cm³/mol. The molecule has 1 aromatic heterocycles. The number of likely N-dealkylation sites (N-methyl/N-ethyl adjacent to an activating group) is 1. The Kier molecular flexibility index (Phi) is 3.86. The Hall–Kier alpha value is -2.63. The first-order chi connectivity index (χ1) is 12.5. The Morgan fingerprint density at radius 3 is 2.58 bits per heavy atom. The maximum atomic E-state index is 13.1. The Labute approximate surface area is 152 Å². The Morgan fingerprint density at radius 1 is 1.15 bits per heavy atom. The summed E-state index contributed by atoms with van der Waals surface area (Å²) in [6.07, 6.45) is 4.33. The van der Waals surface area contributed by atoms with Gasteiger partial charge in [0.1, 0.15) is 5.54 Å². The number of nitrogens with one attached hydrogen (secondary N) is 1. The van der Waals surface area contributed by atoms with Crippen molar-refractivity contribution in [2.24, 2.45) is 0 Å². The second kappa shape index (κ2) is 5.97. The molecular weight excluding hydrogens is 330 g/mol. The van der Waals surface area contributed by atoms with E-state index in [9.17, 15) is 14.4 Å². The van der Waals surface area contributed by atoms with Crippen molar-refractivity contribution in [2.75, 3.05) is 13.6 Å². The van der Waals surface area contributed by atoms with Crippen molar-refractivity contribution in [2.45, 2.75) is 44.6 Å². The van der Waals surface area contributed by atoms with Gasteiger partial charge in [0.25, 0.3) is 5.91 Å². The zero-order valence-corrected chi connectivity index (χ0v) is 15.2. The molecule has 2 aliphatic rings. The number of hydrogen-bond acceptors (Lipinski definition) is 3. The number of imide groups is 1. The van der Waals surface area contributed by atoms with Crippen molar-refractivity contribution >= 4 is 28.6 Å². The third-order valence-corrected chi connectivity index (χ3v) is 5.96. The monoisotopic (exact) mass is 353 g/mol. The van der Waals surface area contributed by atoms with E-state index in [2.05, 4.69) is 4.98 Å². The van der Waals surface area contributed by atoms with Crippen LogP contribution >= 0.6 is 0 Å². The van der Waals surface area contributed by atoms with Gasteiger partial charge in [-0.2, -0.15) is 0 Å². The van der Waals surface area contributed by atoms with Gasteiger partial charge in [0.05, 0.1) is 6.54 Å². The number of nitrogens with zero attached hydrogens (tertiary/aromatic N) is 2.